The van der Waals surface area contributed by atoms with Gasteiger partial charge in [-0.25, -0.2) is 4.98 Å². The highest BCUT2D eigenvalue weighted by atomic mass is 16.4. The molecule has 0 aliphatic carbocycles. The standard InChI is InChI=1S/C20H19N3O3/c1-13-18(23-20(26-13)15-6-4-3-5-7-15)12-19(25)22-17-10-8-16(9-11-17)21-14(2)24/h3-11H,12H2,1-2H3,(H,21,24)(H,22,25). The zero-order chi connectivity index (χ0) is 18.5. The van der Waals surface area contributed by atoms with Crippen molar-refractivity contribution in [1.29, 1.82) is 0 Å². The smallest absolute Gasteiger partial charge is 0.230 e. The molecular weight excluding hydrogens is 330 g/mol. The van der Waals surface area contributed by atoms with Crippen LogP contribution in [0, 0.1) is 6.92 Å². The van der Waals surface area contributed by atoms with E-state index in [2.05, 4.69) is 15.6 Å². The van der Waals surface area contributed by atoms with Crippen LogP contribution in [0.15, 0.2) is 59.0 Å². The summed E-state index contributed by atoms with van der Waals surface area (Å²) in [5.41, 5.74) is 2.80. The van der Waals surface area contributed by atoms with Gasteiger partial charge in [0.25, 0.3) is 0 Å². The summed E-state index contributed by atoms with van der Waals surface area (Å²) in [5.74, 6) is 0.802. The van der Waals surface area contributed by atoms with E-state index in [0.29, 0.717) is 28.7 Å². The van der Waals surface area contributed by atoms with Gasteiger partial charge in [-0.1, -0.05) is 18.2 Å². The van der Waals surface area contributed by atoms with Crippen LogP contribution < -0.4 is 10.6 Å². The zero-order valence-electron chi connectivity index (χ0n) is 14.6. The number of aromatic nitrogens is 1. The normalized spacial score (nSPS) is 10.4. The fourth-order valence-corrected chi connectivity index (χ4v) is 2.49. The van der Waals surface area contributed by atoms with Crippen molar-refractivity contribution < 1.29 is 14.0 Å². The summed E-state index contributed by atoms with van der Waals surface area (Å²) in [6.45, 7) is 3.24. The number of carbonyl (C=O) groups is 2. The molecule has 26 heavy (non-hydrogen) atoms. The van der Waals surface area contributed by atoms with Gasteiger partial charge in [0.1, 0.15) is 5.76 Å². The van der Waals surface area contributed by atoms with Gasteiger partial charge in [0.2, 0.25) is 17.7 Å². The molecule has 6 nitrogen and oxygen atoms in total. The zero-order valence-corrected chi connectivity index (χ0v) is 14.6. The Morgan fingerprint density at radius 2 is 1.58 bits per heavy atom. The molecule has 1 aromatic heterocycles. The van der Waals surface area contributed by atoms with E-state index >= 15 is 0 Å². The largest absolute Gasteiger partial charge is 0.441 e. The van der Waals surface area contributed by atoms with E-state index in [-0.39, 0.29) is 18.2 Å². The van der Waals surface area contributed by atoms with E-state index < -0.39 is 0 Å². The lowest BCUT2D eigenvalue weighted by Gasteiger charge is -2.06. The molecule has 132 valence electrons. The Labute approximate surface area is 151 Å². The minimum Gasteiger partial charge on any atom is -0.441 e. The third-order valence-electron chi connectivity index (χ3n) is 3.73. The summed E-state index contributed by atoms with van der Waals surface area (Å²) < 4.78 is 5.67. The number of hydrogen-bond donors (Lipinski definition) is 2. The molecule has 2 N–H and O–H groups in total. The fraction of sp³-hybridized carbons (Fsp3) is 0.150. The van der Waals surface area contributed by atoms with E-state index in [0.717, 1.165) is 5.56 Å². The van der Waals surface area contributed by atoms with Crippen LogP contribution in [-0.4, -0.2) is 16.8 Å². The molecule has 0 saturated carbocycles. The van der Waals surface area contributed by atoms with Crippen LogP contribution in [0.3, 0.4) is 0 Å². The number of aryl methyl sites for hydroxylation is 1. The summed E-state index contributed by atoms with van der Waals surface area (Å²) in [6.07, 6.45) is 0.121. The maximum atomic E-state index is 12.3. The van der Waals surface area contributed by atoms with Gasteiger partial charge in [-0.05, 0) is 43.3 Å². The molecule has 1 heterocycles. The number of carbonyl (C=O) groups excluding carboxylic acids is 2. The predicted octanol–water partition coefficient (Wildman–Crippen LogP) is 3.79. The predicted molar refractivity (Wildman–Crippen MR) is 99.8 cm³/mol. The summed E-state index contributed by atoms with van der Waals surface area (Å²) in [6, 6.07) is 16.5. The van der Waals surface area contributed by atoms with Crippen LogP contribution >= 0.6 is 0 Å². The van der Waals surface area contributed by atoms with Gasteiger partial charge in [-0.3, -0.25) is 9.59 Å². The van der Waals surface area contributed by atoms with Gasteiger partial charge < -0.3 is 15.1 Å². The Balaban J connectivity index is 1.65. The van der Waals surface area contributed by atoms with Crippen molar-refractivity contribution in [2.75, 3.05) is 10.6 Å². The number of oxazole rings is 1. The van der Waals surface area contributed by atoms with Gasteiger partial charge in [0.05, 0.1) is 12.1 Å². The molecule has 0 spiro atoms. The van der Waals surface area contributed by atoms with E-state index in [4.69, 9.17) is 4.42 Å². The number of rotatable bonds is 5. The number of anilines is 2. The van der Waals surface area contributed by atoms with Crippen molar-refractivity contribution in [3.8, 4) is 11.5 Å². The first-order valence-electron chi connectivity index (χ1n) is 8.20. The van der Waals surface area contributed by atoms with Gasteiger partial charge >= 0.3 is 0 Å². The molecule has 0 saturated heterocycles. The molecule has 2 aromatic carbocycles. The summed E-state index contributed by atoms with van der Waals surface area (Å²) in [5, 5.41) is 5.49. The summed E-state index contributed by atoms with van der Waals surface area (Å²) in [7, 11) is 0. The van der Waals surface area contributed by atoms with Crippen LogP contribution in [0.2, 0.25) is 0 Å². The average Bonchev–Trinajstić information content (AvgIpc) is 2.97. The fourth-order valence-electron chi connectivity index (χ4n) is 2.49. The van der Waals surface area contributed by atoms with Gasteiger partial charge in [-0.15, -0.1) is 0 Å². The lowest BCUT2D eigenvalue weighted by Crippen LogP contribution is -2.15. The van der Waals surface area contributed by atoms with Crippen LogP contribution in [0.5, 0.6) is 0 Å². The molecule has 2 amide bonds. The van der Waals surface area contributed by atoms with Crippen LogP contribution in [-0.2, 0) is 16.0 Å². The number of hydrogen-bond acceptors (Lipinski definition) is 4. The number of nitrogens with one attached hydrogen (secondary N) is 2. The first-order valence-corrected chi connectivity index (χ1v) is 8.20. The number of benzene rings is 2. The highest BCUT2D eigenvalue weighted by Crippen LogP contribution is 2.22. The van der Waals surface area contributed by atoms with Crippen LogP contribution in [0.25, 0.3) is 11.5 Å². The number of amides is 2. The first-order chi connectivity index (χ1) is 12.5. The number of nitrogens with zero attached hydrogens (tertiary/aromatic N) is 1. The minimum absolute atomic E-state index is 0.121. The second-order valence-corrected chi connectivity index (χ2v) is 5.87. The third kappa shape index (κ3) is 4.36. The van der Waals surface area contributed by atoms with Crippen molar-refractivity contribution in [3.05, 3.63) is 66.1 Å². The van der Waals surface area contributed by atoms with Crippen LogP contribution in [0.4, 0.5) is 11.4 Å². The molecule has 0 bridgehead atoms. The molecule has 0 aliphatic rings. The second-order valence-electron chi connectivity index (χ2n) is 5.87. The Morgan fingerprint density at radius 3 is 2.19 bits per heavy atom. The third-order valence-corrected chi connectivity index (χ3v) is 3.73. The molecule has 0 unspecified atom stereocenters. The lowest BCUT2D eigenvalue weighted by molar-refractivity contribution is -0.116. The van der Waals surface area contributed by atoms with Crippen molar-refractivity contribution in [2.45, 2.75) is 20.3 Å². The first kappa shape index (κ1) is 17.4. The second kappa shape index (κ2) is 7.65. The van der Waals surface area contributed by atoms with Gasteiger partial charge in [-0.2, -0.15) is 0 Å². The van der Waals surface area contributed by atoms with Crippen molar-refractivity contribution in [3.63, 3.8) is 0 Å². The Kier molecular flexibility index (Phi) is 5.12. The van der Waals surface area contributed by atoms with E-state index in [1.165, 1.54) is 6.92 Å². The quantitative estimate of drug-likeness (QED) is 0.734. The molecule has 6 heteroatoms. The molecule has 0 aliphatic heterocycles. The lowest BCUT2D eigenvalue weighted by atomic mass is 10.2. The molecular formula is C20H19N3O3. The van der Waals surface area contributed by atoms with Crippen molar-refractivity contribution >= 4 is 23.2 Å². The summed E-state index contributed by atoms with van der Waals surface area (Å²) in [4.78, 5) is 27.7. The van der Waals surface area contributed by atoms with Gasteiger partial charge in [0, 0.05) is 23.9 Å². The van der Waals surface area contributed by atoms with E-state index in [1.54, 1.807) is 31.2 Å². The van der Waals surface area contributed by atoms with E-state index in [1.807, 2.05) is 30.3 Å². The highest BCUT2D eigenvalue weighted by molar-refractivity contribution is 5.93. The molecule has 0 fully saturated rings. The molecule has 3 rings (SSSR count). The van der Waals surface area contributed by atoms with Crippen LogP contribution in [0.1, 0.15) is 18.4 Å². The molecule has 0 atom stereocenters. The maximum Gasteiger partial charge on any atom is 0.230 e. The maximum absolute atomic E-state index is 12.3. The van der Waals surface area contributed by atoms with Crippen molar-refractivity contribution in [2.24, 2.45) is 0 Å². The Bertz CT molecular complexity index is 915. The highest BCUT2D eigenvalue weighted by Gasteiger charge is 2.14. The summed E-state index contributed by atoms with van der Waals surface area (Å²) >= 11 is 0. The molecule has 0 radical (unpaired) electrons. The topological polar surface area (TPSA) is 84.2 Å². The Morgan fingerprint density at radius 1 is 0.962 bits per heavy atom. The van der Waals surface area contributed by atoms with Crippen molar-refractivity contribution in [1.82, 2.24) is 4.98 Å². The Hall–Kier alpha value is -3.41. The SMILES string of the molecule is CC(=O)Nc1ccc(NC(=O)Cc2nc(-c3ccccc3)oc2C)cc1. The van der Waals surface area contributed by atoms with E-state index in [9.17, 15) is 9.59 Å². The monoisotopic (exact) mass is 349 g/mol. The average molecular weight is 349 g/mol. The minimum atomic E-state index is -0.187. The molecule has 3 aromatic rings. The van der Waals surface area contributed by atoms with Gasteiger partial charge in [0.15, 0.2) is 0 Å².